The van der Waals surface area contributed by atoms with E-state index in [9.17, 15) is 13.5 Å². The Morgan fingerprint density at radius 2 is 2.09 bits per heavy atom. The largest absolute Gasteiger partial charge is 0.487 e. The number of aliphatic hydroxyl groups excluding tert-OH is 1. The van der Waals surface area contributed by atoms with E-state index >= 15 is 0 Å². The Labute approximate surface area is 202 Å². The quantitative estimate of drug-likeness (QED) is 0.637. The van der Waals surface area contributed by atoms with Gasteiger partial charge >= 0.3 is 0 Å². The van der Waals surface area contributed by atoms with Crippen LogP contribution in [0.3, 0.4) is 0 Å². The van der Waals surface area contributed by atoms with Crippen LogP contribution in [0.4, 0.5) is 0 Å². The molecule has 3 atom stereocenters. The molecule has 2 aliphatic rings. The van der Waals surface area contributed by atoms with Crippen LogP contribution in [0, 0.1) is 23.7 Å². The minimum atomic E-state index is -3.85. The van der Waals surface area contributed by atoms with E-state index in [0.29, 0.717) is 24.8 Å². The summed E-state index contributed by atoms with van der Waals surface area (Å²) in [5.74, 6) is 7.06. The number of hydrogen-bond donors (Lipinski definition) is 1. The van der Waals surface area contributed by atoms with Crippen molar-refractivity contribution in [2.75, 3.05) is 26.7 Å². The van der Waals surface area contributed by atoms with Crippen molar-refractivity contribution in [2.45, 2.75) is 50.3 Å². The molecule has 2 heterocycles. The lowest BCUT2D eigenvalue weighted by Crippen LogP contribution is -2.49. The normalized spacial score (nSPS) is 23.1. The number of benzene rings is 1. The highest BCUT2D eigenvalue weighted by atomic mass is 32.2. The third kappa shape index (κ3) is 5.78. The molecule has 1 N–H and O–H groups in total. The Morgan fingerprint density at radius 1 is 1.29 bits per heavy atom. The predicted octanol–water partition coefficient (Wildman–Crippen LogP) is 2.74. The highest BCUT2D eigenvalue weighted by Gasteiger charge is 2.38. The lowest BCUT2D eigenvalue weighted by Gasteiger charge is -2.37. The molecule has 0 bridgehead atoms. The summed E-state index contributed by atoms with van der Waals surface area (Å²) in [4.78, 5) is 6.66. The molecule has 0 spiro atoms. The number of sulfonamides is 1. The van der Waals surface area contributed by atoms with Crippen molar-refractivity contribution < 1.29 is 18.3 Å². The Balaban J connectivity index is 1.66. The van der Waals surface area contributed by atoms with Crippen molar-refractivity contribution in [3.63, 3.8) is 0 Å². The topological polar surface area (TPSA) is 83.0 Å². The number of hydrogen-bond acceptors (Lipinski definition) is 6. The van der Waals surface area contributed by atoms with Crippen molar-refractivity contribution in [3.8, 4) is 17.6 Å². The summed E-state index contributed by atoms with van der Waals surface area (Å²) >= 11 is 0. The maximum Gasteiger partial charge on any atom is 0.247 e. The van der Waals surface area contributed by atoms with Crippen molar-refractivity contribution in [2.24, 2.45) is 11.8 Å². The monoisotopic (exact) mass is 483 g/mol. The van der Waals surface area contributed by atoms with Crippen molar-refractivity contribution in [1.82, 2.24) is 14.2 Å². The lowest BCUT2D eigenvalue weighted by molar-refractivity contribution is 0.0730. The van der Waals surface area contributed by atoms with Gasteiger partial charge in [0.2, 0.25) is 10.0 Å². The average Bonchev–Trinajstić information content (AvgIpc) is 3.64. The van der Waals surface area contributed by atoms with Crippen molar-refractivity contribution in [3.05, 3.63) is 53.9 Å². The summed E-state index contributed by atoms with van der Waals surface area (Å²) in [5.41, 5.74) is 1.70. The van der Waals surface area contributed by atoms with E-state index < -0.39 is 16.1 Å². The molecule has 2 aromatic rings. The van der Waals surface area contributed by atoms with Gasteiger partial charge in [-0.2, -0.15) is 4.31 Å². The summed E-state index contributed by atoms with van der Waals surface area (Å²) in [6.07, 6.45) is 3.76. The van der Waals surface area contributed by atoms with Gasteiger partial charge < -0.3 is 9.84 Å². The Bertz CT molecular complexity index is 1160. The van der Waals surface area contributed by atoms with Crippen molar-refractivity contribution in [1.29, 1.82) is 0 Å². The van der Waals surface area contributed by atoms with E-state index in [2.05, 4.69) is 21.7 Å². The molecular formula is C26H33N3O4S. The fourth-order valence-electron chi connectivity index (χ4n) is 4.07. The molecule has 0 unspecified atom stereocenters. The zero-order valence-electron chi connectivity index (χ0n) is 20.0. The number of rotatable bonds is 6. The molecule has 1 aromatic carbocycles. The van der Waals surface area contributed by atoms with Gasteiger partial charge in [-0.1, -0.05) is 24.8 Å². The summed E-state index contributed by atoms with van der Waals surface area (Å²) in [6, 6.07) is 10.4. The van der Waals surface area contributed by atoms with Gasteiger partial charge in [0.05, 0.1) is 12.3 Å². The van der Waals surface area contributed by atoms with Crippen LogP contribution in [-0.4, -0.2) is 66.6 Å². The van der Waals surface area contributed by atoms with Gasteiger partial charge in [-0.3, -0.25) is 9.88 Å². The van der Waals surface area contributed by atoms with Gasteiger partial charge in [-0.05, 0) is 57.1 Å². The third-order valence-electron chi connectivity index (χ3n) is 6.31. The van der Waals surface area contributed by atoms with E-state index in [4.69, 9.17) is 4.74 Å². The summed E-state index contributed by atoms with van der Waals surface area (Å²) in [7, 11) is -1.84. The molecule has 0 amide bonds. The molecule has 34 heavy (non-hydrogen) atoms. The zero-order chi connectivity index (χ0) is 24.3. The number of aliphatic hydroxyl groups is 1. The first kappa shape index (κ1) is 24.7. The predicted molar refractivity (Wildman–Crippen MR) is 131 cm³/mol. The molecule has 182 valence electrons. The molecule has 7 nitrogen and oxygen atoms in total. The summed E-state index contributed by atoms with van der Waals surface area (Å²) in [5, 5.41) is 9.79. The maximum atomic E-state index is 13.6. The van der Waals surface area contributed by atoms with Crippen LogP contribution >= 0.6 is 0 Å². The fraction of sp³-hybridized carbons (Fsp3) is 0.500. The first-order chi connectivity index (χ1) is 16.3. The number of fused-ring (bicyclic) bond motifs is 1. The summed E-state index contributed by atoms with van der Waals surface area (Å²) in [6.45, 7) is 4.97. The Morgan fingerprint density at radius 3 is 2.76 bits per heavy atom. The second kappa shape index (κ2) is 10.4. The van der Waals surface area contributed by atoms with E-state index in [0.717, 1.165) is 24.1 Å². The number of aromatic nitrogens is 1. The molecule has 0 saturated heterocycles. The molecule has 8 heteroatoms. The average molecular weight is 484 g/mol. The van der Waals surface area contributed by atoms with Crippen LogP contribution in [0.2, 0.25) is 0 Å². The molecule has 1 aliphatic carbocycles. The molecule has 1 fully saturated rings. The molecule has 0 radical (unpaired) electrons. The number of likely N-dealkylation sites (N-methyl/N-ethyl adjacent to an activating group) is 1. The Kier molecular flexibility index (Phi) is 7.58. The second-order valence-corrected chi connectivity index (χ2v) is 11.3. The van der Waals surface area contributed by atoms with Crippen LogP contribution in [0.15, 0.2) is 47.5 Å². The van der Waals surface area contributed by atoms with E-state index in [1.807, 2.05) is 32.2 Å². The third-order valence-corrected chi connectivity index (χ3v) is 8.33. The van der Waals surface area contributed by atoms with E-state index in [1.54, 1.807) is 31.3 Å². The fourth-order valence-corrected chi connectivity index (χ4v) is 5.90. The smallest absolute Gasteiger partial charge is 0.247 e. The summed E-state index contributed by atoms with van der Waals surface area (Å²) < 4.78 is 34.9. The Hall–Kier alpha value is -2.44. The highest BCUT2D eigenvalue weighted by Crippen LogP contribution is 2.34. The SMILES string of the molecule is C[C@@H]1CN([C@@H](C)CO)S(=O)(=O)c2ccc(C#CC3CC3)cc2O[C@@H]1CN(C)Cc1ccccn1. The second-order valence-electron chi connectivity index (χ2n) is 9.46. The zero-order valence-corrected chi connectivity index (χ0v) is 20.8. The number of ether oxygens (including phenoxy) is 1. The first-order valence-corrected chi connectivity index (χ1v) is 13.3. The minimum Gasteiger partial charge on any atom is -0.487 e. The van der Waals surface area contributed by atoms with E-state index in [1.165, 1.54) is 4.31 Å². The highest BCUT2D eigenvalue weighted by molar-refractivity contribution is 7.89. The molecule has 1 aromatic heterocycles. The number of pyridine rings is 1. The van der Waals surface area contributed by atoms with E-state index in [-0.39, 0.29) is 30.1 Å². The van der Waals surface area contributed by atoms with Crippen LogP contribution in [-0.2, 0) is 16.6 Å². The maximum absolute atomic E-state index is 13.6. The van der Waals surface area contributed by atoms with Crippen LogP contribution in [0.25, 0.3) is 0 Å². The van der Waals surface area contributed by atoms with Gasteiger partial charge in [0, 0.05) is 49.3 Å². The van der Waals surface area contributed by atoms with Gasteiger partial charge in [-0.25, -0.2) is 8.42 Å². The number of nitrogens with zero attached hydrogens (tertiary/aromatic N) is 3. The van der Waals surface area contributed by atoms with Gasteiger partial charge in [-0.15, -0.1) is 0 Å². The van der Waals surface area contributed by atoms with Crippen molar-refractivity contribution >= 4 is 10.0 Å². The van der Waals surface area contributed by atoms with Crippen LogP contribution < -0.4 is 4.74 Å². The molecule has 1 aliphatic heterocycles. The molecule has 1 saturated carbocycles. The minimum absolute atomic E-state index is 0.107. The molecule has 4 rings (SSSR count). The van der Waals surface area contributed by atoms with Crippen LogP contribution in [0.1, 0.15) is 37.9 Å². The van der Waals surface area contributed by atoms with Crippen LogP contribution in [0.5, 0.6) is 5.75 Å². The van der Waals surface area contributed by atoms with Gasteiger partial charge in [0.15, 0.2) is 0 Å². The van der Waals surface area contributed by atoms with Gasteiger partial charge in [0.1, 0.15) is 16.7 Å². The van der Waals surface area contributed by atoms with Gasteiger partial charge in [0.25, 0.3) is 0 Å². The standard InChI is InChI=1S/C26H33N3O4S/c1-19-15-29(20(2)18-30)34(31,32)26-12-11-22(10-9-21-7-8-21)14-24(26)33-25(19)17-28(3)16-23-6-4-5-13-27-23/h4-6,11-14,19-21,25,30H,7-8,15-18H2,1-3H3/t19-,20+,25-/m1/s1. The lowest BCUT2D eigenvalue weighted by atomic mass is 10.0. The first-order valence-electron chi connectivity index (χ1n) is 11.8. The molecular weight excluding hydrogens is 450 g/mol.